The molecule has 34 heavy (non-hydrogen) atoms. The normalized spacial score (nSPS) is 15.3. The van der Waals surface area contributed by atoms with Crippen LogP contribution in [-0.4, -0.2) is 20.4 Å². The number of fused-ring (bicyclic) bond motifs is 2. The van der Waals surface area contributed by atoms with Gasteiger partial charge in [-0.3, -0.25) is 4.79 Å². The second-order valence-corrected chi connectivity index (χ2v) is 9.67. The van der Waals surface area contributed by atoms with Crippen molar-refractivity contribution >= 4 is 11.4 Å². The first-order valence-electron chi connectivity index (χ1n) is 12.2. The molecule has 0 saturated heterocycles. The van der Waals surface area contributed by atoms with Crippen molar-refractivity contribution in [1.82, 2.24) is 14.6 Å². The molecule has 4 aromatic rings. The fraction of sp³-hybridized carbons (Fsp3) is 0.345. The Morgan fingerprint density at radius 3 is 2.79 bits per heavy atom. The summed E-state index contributed by atoms with van der Waals surface area (Å²) in [6, 6.07) is 15.2. The zero-order valence-electron chi connectivity index (χ0n) is 20.0. The van der Waals surface area contributed by atoms with Crippen LogP contribution in [0.5, 0.6) is 0 Å². The van der Waals surface area contributed by atoms with Crippen LogP contribution in [0.25, 0.3) is 16.8 Å². The van der Waals surface area contributed by atoms with E-state index in [-0.39, 0.29) is 17.5 Å². The lowest BCUT2D eigenvalue weighted by molar-refractivity contribution is 0.0976. The van der Waals surface area contributed by atoms with Crippen LogP contribution in [0.15, 0.2) is 54.7 Å². The molecule has 2 heterocycles. The number of hydrogen-bond acceptors (Lipinski definition) is 3. The van der Waals surface area contributed by atoms with Gasteiger partial charge in [0.1, 0.15) is 5.82 Å². The van der Waals surface area contributed by atoms with Crippen LogP contribution < -0.4 is 0 Å². The monoisotopic (exact) mass is 455 g/mol. The summed E-state index contributed by atoms with van der Waals surface area (Å²) in [5, 5.41) is 4.73. The number of aryl methyl sites for hydroxylation is 2. The number of carbonyl (C=O) groups excluding carboxylic acids is 1. The first kappa shape index (κ1) is 22.5. The van der Waals surface area contributed by atoms with E-state index in [1.165, 1.54) is 29.7 Å². The van der Waals surface area contributed by atoms with Crippen molar-refractivity contribution in [3.63, 3.8) is 0 Å². The molecule has 0 N–H and O–H groups in total. The van der Waals surface area contributed by atoms with Crippen molar-refractivity contribution in [3.8, 4) is 11.1 Å². The predicted molar refractivity (Wildman–Crippen MR) is 133 cm³/mol. The van der Waals surface area contributed by atoms with Gasteiger partial charge in [0.15, 0.2) is 11.4 Å². The molecule has 1 unspecified atom stereocenters. The lowest BCUT2D eigenvalue weighted by Gasteiger charge is -2.15. The van der Waals surface area contributed by atoms with E-state index in [2.05, 4.69) is 43.1 Å². The smallest absolute Gasteiger partial charge is 0.166 e. The number of aromatic nitrogens is 3. The molecule has 5 rings (SSSR count). The van der Waals surface area contributed by atoms with E-state index < -0.39 is 0 Å². The van der Waals surface area contributed by atoms with E-state index in [0.717, 1.165) is 41.8 Å². The summed E-state index contributed by atoms with van der Waals surface area (Å²) >= 11 is 0. The SMILES string of the molecule is Cc1nn2c(C(C)C)c(C(=O)CCCC3CCc4ccccc43)cnc2c1-c1cccc(F)c1. The molecule has 1 atom stereocenters. The fourth-order valence-corrected chi connectivity index (χ4v) is 5.45. The van der Waals surface area contributed by atoms with Gasteiger partial charge in [-0.2, -0.15) is 5.10 Å². The van der Waals surface area contributed by atoms with Crippen LogP contribution in [0.4, 0.5) is 4.39 Å². The maximum absolute atomic E-state index is 13.9. The lowest BCUT2D eigenvalue weighted by Crippen LogP contribution is -2.13. The topological polar surface area (TPSA) is 47.3 Å². The summed E-state index contributed by atoms with van der Waals surface area (Å²) in [4.78, 5) is 18.0. The van der Waals surface area contributed by atoms with Crippen molar-refractivity contribution in [3.05, 3.63) is 88.6 Å². The van der Waals surface area contributed by atoms with E-state index in [9.17, 15) is 9.18 Å². The number of nitrogens with zero attached hydrogens (tertiary/aromatic N) is 3. The third kappa shape index (κ3) is 4.04. The molecule has 4 nitrogen and oxygen atoms in total. The van der Waals surface area contributed by atoms with Crippen molar-refractivity contribution in [2.24, 2.45) is 0 Å². The van der Waals surface area contributed by atoms with Gasteiger partial charge in [0, 0.05) is 18.2 Å². The molecule has 1 aliphatic carbocycles. The van der Waals surface area contributed by atoms with Crippen LogP contribution in [0, 0.1) is 12.7 Å². The van der Waals surface area contributed by atoms with Gasteiger partial charge in [0.05, 0.1) is 17.0 Å². The largest absolute Gasteiger partial charge is 0.294 e. The molecule has 2 aromatic heterocycles. The highest BCUT2D eigenvalue weighted by atomic mass is 19.1. The third-order valence-corrected chi connectivity index (χ3v) is 7.03. The molecule has 0 amide bonds. The molecule has 5 heteroatoms. The second kappa shape index (κ2) is 9.13. The van der Waals surface area contributed by atoms with Crippen molar-refractivity contribution in [2.75, 3.05) is 0 Å². The summed E-state index contributed by atoms with van der Waals surface area (Å²) in [5.41, 5.74) is 7.40. The van der Waals surface area contributed by atoms with Gasteiger partial charge in [-0.1, -0.05) is 50.2 Å². The van der Waals surface area contributed by atoms with E-state index >= 15 is 0 Å². The summed E-state index contributed by atoms with van der Waals surface area (Å²) in [5.74, 6) is 0.462. The van der Waals surface area contributed by atoms with Crippen LogP contribution in [0.2, 0.25) is 0 Å². The van der Waals surface area contributed by atoms with E-state index in [1.807, 2.05) is 13.0 Å². The molecule has 0 spiro atoms. The quantitative estimate of drug-likeness (QED) is 0.281. The molecule has 0 bridgehead atoms. The van der Waals surface area contributed by atoms with Crippen LogP contribution in [-0.2, 0) is 6.42 Å². The minimum atomic E-state index is -0.294. The summed E-state index contributed by atoms with van der Waals surface area (Å²) in [7, 11) is 0. The zero-order valence-corrected chi connectivity index (χ0v) is 20.0. The average molecular weight is 456 g/mol. The van der Waals surface area contributed by atoms with Gasteiger partial charge in [-0.05, 0) is 73.3 Å². The molecule has 0 radical (unpaired) electrons. The van der Waals surface area contributed by atoms with Gasteiger partial charge in [-0.25, -0.2) is 13.9 Å². The minimum Gasteiger partial charge on any atom is -0.294 e. The van der Waals surface area contributed by atoms with Crippen molar-refractivity contribution in [1.29, 1.82) is 0 Å². The first-order chi connectivity index (χ1) is 16.4. The number of halogens is 1. The second-order valence-electron chi connectivity index (χ2n) is 9.67. The van der Waals surface area contributed by atoms with Gasteiger partial charge in [0.2, 0.25) is 0 Å². The molecule has 174 valence electrons. The third-order valence-electron chi connectivity index (χ3n) is 7.03. The number of hydrogen-bond donors (Lipinski definition) is 0. The minimum absolute atomic E-state index is 0.0887. The standard InChI is InChI=1S/C29H30FN3O/c1-18(2)28-25(26(34)13-7-9-21-15-14-20-8-4-5-12-24(20)21)17-31-29-27(19(3)32-33(28)29)22-10-6-11-23(30)16-22/h4-6,8,10-12,16-18,21H,7,9,13-15H2,1-3H3. The highest BCUT2D eigenvalue weighted by Gasteiger charge is 2.24. The molecule has 0 fully saturated rings. The van der Waals surface area contributed by atoms with Gasteiger partial charge in [0.25, 0.3) is 0 Å². The Bertz CT molecular complexity index is 1370. The Morgan fingerprint density at radius 1 is 1.18 bits per heavy atom. The highest BCUT2D eigenvalue weighted by Crippen LogP contribution is 2.37. The van der Waals surface area contributed by atoms with Crippen LogP contribution >= 0.6 is 0 Å². The number of ketones is 1. The predicted octanol–water partition coefficient (Wildman–Crippen LogP) is 7.05. The Kier molecular flexibility index (Phi) is 6.03. The number of carbonyl (C=O) groups is 1. The van der Waals surface area contributed by atoms with E-state index in [0.29, 0.717) is 23.5 Å². The maximum Gasteiger partial charge on any atom is 0.166 e. The number of benzene rings is 2. The number of rotatable bonds is 7. The molecular formula is C29H30FN3O. The average Bonchev–Trinajstić information content (AvgIpc) is 3.38. The van der Waals surface area contributed by atoms with Crippen LogP contribution in [0.1, 0.15) is 84.2 Å². The summed E-state index contributed by atoms with van der Waals surface area (Å²) < 4.78 is 15.7. The first-order valence-corrected chi connectivity index (χ1v) is 12.2. The summed E-state index contributed by atoms with van der Waals surface area (Å²) in [6.07, 6.45) is 6.40. The molecule has 2 aromatic carbocycles. The van der Waals surface area contributed by atoms with Gasteiger partial charge in [-0.15, -0.1) is 0 Å². The Hall–Kier alpha value is -3.34. The van der Waals surface area contributed by atoms with Crippen molar-refractivity contribution in [2.45, 2.75) is 64.7 Å². The van der Waals surface area contributed by atoms with Crippen LogP contribution in [0.3, 0.4) is 0 Å². The molecule has 0 saturated carbocycles. The molecule has 0 aliphatic heterocycles. The Labute approximate surface area is 199 Å². The van der Waals surface area contributed by atoms with Crippen molar-refractivity contribution < 1.29 is 9.18 Å². The maximum atomic E-state index is 13.9. The zero-order chi connectivity index (χ0) is 23.8. The van der Waals surface area contributed by atoms with Gasteiger partial charge < -0.3 is 0 Å². The Morgan fingerprint density at radius 2 is 2.00 bits per heavy atom. The fourth-order valence-electron chi connectivity index (χ4n) is 5.45. The Balaban J connectivity index is 1.41. The van der Waals surface area contributed by atoms with Gasteiger partial charge >= 0.3 is 0 Å². The van der Waals surface area contributed by atoms with E-state index in [1.54, 1.807) is 16.8 Å². The number of Topliss-reactive ketones (excluding diaryl/α,β-unsaturated/α-hetero) is 1. The summed E-state index contributed by atoms with van der Waals surface area (Å²) in [6.45, 7) is 6.04. The molecular weight excluding hydrogens is 425 g/mol. The van der Waals surface area contributed by atoms with E-state index in [4.69, 9.17) is 5.10 Å². The lowest BCUT2D eigenvalue weighted by atomic mass is 9.93. The molecule has 1 aliphatic rings. The highest BCUT2D eigenvalue weighted by molar-refractivity contribution is 5.97.